The number of halogens is 2. The van der Waals surface area contributed by atoms with E-state index in [0.717, 1.165) is 31.6 Å². The summed E-state index contributed by atoms with van der Waals surface area (Å²) in [6.45, 7) is 8.91. The Morgan fingerprint density at radius 2 is 2.13 bits per heavy atom. The Bertz CT molecular complexity index is 558. The van der Waals surface area contributed by atoms with E-state index in [1.807, 2.05) is 32.9 Å². The number of alkyl carbamates (subject to hydrolysis) is 1. The maximum atomic E-state index is 11.7. The van der Waals surface area contributed by atoms with Gasteiger partial charge in [0.25, 0.3) is 0 Å². The lowest BCUT2D eigenvalue weighted by Crippen LogP contribution is -2.36. The molecule has 1 aliphatic heterocycles. The van der Waals surface area contributed by atoms with Crippen LogP contribution in [0.5, 0.6) is 0 Å². The van der Waals surface area contributed by atoms with Crippen molar-refractivity contribution in [1.29, 1.82) is 0 Å². The van der Waals surface area contributed by atoms with Gasteiger partial charge in [-0.2, -0.15) is 0 Å². The van der Waals surface area contributed by atoms with Gasteiger partial charge in [-0.1, -0.05) is 35.3 Å². The van der Waals surface area contributed by atoms with Gasteiger partial charge in [0, 0.05) is 19.6 Å². The third kappa shape index (κ3) is 5.87. The van der Waals surface area contributed by atoms with Crippen molar-refractivity contribution in [2.24, 2.45) is 5.92 Å². The molecule has 128 valence electrons. The number of nitrogens with zero attached hydrogens (tertiary/aromatic N) is 1. The van der Waals surface area contributed by atoms with Crippen molar-refractivity contribution in [3.05, 3.63) is 33.8 Å². The molecule has 1 aromatic rings. The first-order chi connectivity index (χ1) is 10.7. The van der Waals surface area contributed by atoms with Crippen LogP contribution in [0.2, 0.25) is 10.0 Å². The number of likely N-dealkylation sites (tertiary alicyclic amines) is 1. The number of carbonyl (C=O) groups is 1. The van der Waals surface area contributed by atoms with E-state index in [1.54, 1.807) is 6.07 Å². The van der Waals surface area contributed by atoms with E-state index in [9.17, 15) is 4.79 Å². The van der Waals surface area contributed by atoms with Gasteiger partial charge in [-0.05, 0) is 51.3 Å². The standard InChI is InChI=1S/C17H24Cl2N2O2/c1-17(2,3)23-16(22)20-9-12-7-8-21(10-12)11-13-5-4-6-14(18)15(13)19/h4-6,12H,7-11H2,1-3H3,(H,20,22). The lowest BCUT2D eigenvalue weighted by molar-refractivity contribution is 0.0519. The molecule has 23 heavy (non-hydrogen) atoms. The van der Waals surface area contributed by atoms with Crippen LogP contribution in [-0.2, 0) is 11.3 Å². The first kappa shape index (κ1) is 18.4. The number of ether oxygens (including phenoxy) is 1. The fraction of sp³-hybridized carbons (Fsp3) is 0.588. The number of benzene rings is 1. The third-order valence-corrected chi connectivity index (χ3v) is 4.59. The lowest BCUT2D eigenvalue weighted by atomic mass is 10.1. The highest BCUT2D eigenvalue weighted by molar-refractivity contribution is 6.42. The zero-order valence-corrected chi connectivity index (χ0v) is 15.4. The van der Waals surface area contributed by atoms with E-state index in [0.29, 0.717) is 22.5 Å². The van der Waals surface area contributed by atoms with Gasteiger partial charge in [-0.15, -0.1) is 0 Å². The average Bonchev–Trinajstić information content (AvgIpc) is 2.87. The molecule has 1 fully saturated rings. The number of hydrogen-bond donors (Lipinski definition) is 1. The van der Waals surface area contributed by atoms with Crippen molar-refractivity contribution in [1.82, 2.24) is 10.2 Å². The Kier molecular flexibility index (Phi) is 6.18. The largest absolute Gasteiger partial charge is 0.444 e. The van der Waals surface area contributed by atoms with E-state index in [4.69, 9.17) is 27.9 Å². The summed E-state index contributed by atoms with van der Waals surface area (Å²) in [4.78, 5) is 14.0. The SMILES string of the molecule is CC(C)(C)OC(=O)NCC1CCN(Cc2cccc(Cl)c2Cl)C1. The average molecular weight is 359 g/mol. The molecule has 1 N–H and O–H groups in total. The molecule has 6 heteroatoms. The summed E-state index contributed by atoms with van der Waals surface area (Å²) >= 11 is 12.3. The predicted octanol–water partition coefficient (Wildman–Crippen LogP) is 4.34. The Morgan fingerprint density at radius 3 is 2.83 bits per heavy atom. The lowest BCUT2D eigenvalue weighted by Gasteiger charge is -2.21. The Labute approximate surface area is 148 Å². The summed E-state index contributed by atoms with van der Waals surface area (Å²) in [5.41, 5.74) is 0.578. The number of carbonyl (C=O) groups excluding carboxylic acids is 1. The fourth-order valence-electron chi connectivity index (χ4n) is 2.68. The summed E-state index contributed by atoms with van der Waals surface area (Å²) in [6.07, 6.45) is 0.697. The summed E-state index contributed by atoms with van der Waals surface area (Å²) in [7, 11) is 0. The Balaban J connectivity index is 1.78. The second-order valence-corrected chi connectivity index (χ2v) is 7.77. The quantitative estimate of drug-likeness (QED) is 0.870. The molecule has 4 nitrogen and oxygen atoms in total. The zero-order valence-electron chi connectivity index (χ0n) is 13.9. The molecule has 1 amide bonds. The van der Waals surface area contributed by atoms with Crippen molar-refractivity contribution in [3.8, 4) is 0 Å². The molecule has 0 spiro atoms. The first-order valence-electron chi connectivity index (χ1n) is 7.86. The van der Waals surface area contributed by atoms with Crippen LogP contribution >= 0.6 is 23.2 Å². The van der Waals surface area contributed by atoms with Crippen molar-refractivity contribution >= 4 is 29.3 Å². The second-order valence-electron chi connectivity index (χ2n) is 6.99. The van der Waals surface area contributed by atoms with E-state index in [-0.39, 0.29) is 6.09 Å². The number of nitrogens with one attached hydrogen (secondary N) is 1. The number of amides is 1. The molecule has 0 aromatic heterocycles. The van der Waals surface area contributed by atoms with Gasteiger partial charge in [0.05, 0.1) is 10.0 Å². The minimum absolute atomic E-state index is 0.353. The van der Waals surface area contributed by atoms with Crippen LogP contribution in [0.1, 0.15) is 32.8 Å². The maximum Gasteiger partial charge on any atom is 0.407 e. The molecule has 0 aliphatic carbocycles. The van der Waals surface area contributed by atoms with Crippen LogP contribution in [0.4, 0.5) is 4.79 Å². The highest BCUT2D eigenvalue weighted by Gasteiger charge is 2.24. The van der Waals surface area contributed by atoms with Crippen LogP contribution in [0.3, 0.4) is 0 Å². The monoisotopic (exact) mass is 358 g/mol. The van der Waals surface area contributed by atoms with Crippen LogP contribution in [0.15, 0.2) is 18.2 Å². The first-order valence-corrected chi connectivity index (χ1v) is 8.62. The molecule has 1 heterocycles. The normalized spacial score (nSPS) is 18.9. The van der Waals surface area contributed by atoms with E-state index >= 15 is 0 Å². The minimum atomic E-state index is -0.463. The maximum absolute atomic E-state index is 11.7. The molecular weight excluding hydrogens is 335 g/mol. The second kappa shape index (κ2) is 7.73. The highest BCUT2D eigenvalue weighted by atomic mass is 35.5. The van der Waals surface area contributed by atoms with Gasteiger partial charge in [0.1, 0.15) is 5.60 Å². The molecule has 0 bridgehead atoms. The molecule has 1 aromatic carbocycles. The van der Waals surface area contributed by atoms with E-state index in [2.05, 4.69) is 10.2 Å². The molecule has 1 unspecified atom stereocenters. The van der Waals surface area contributed by atoms with Crippen molar-refractivity contribution in [3.63, 3.8) is 0 Å². The smallest absolute Gasteiger partial charge is 0.407 e. The van der Waals surface area contributed by atoms with Gasteiger partial charge in [0.2, 0.25) is 0 Å². The highest BCUT2D eigenvalue weighted by Crippen LogP contribution is 2.28. The minimum Gasteiger partial charge on any atom is -0.444 e. The fourth-order valence-corrected chi connectivity index (χ4v) is 3.06. The summed E-state index contributed by atoms with van der Waals surface area (Å²) in [5.74, 6) is 0.431. The Morgan fingerprint density at radius 1 is 1.39 bits per heavy atom. The topological polar surface area (TPSA) is 41.6 Å². The molecule has 1 atom stereocenters. The van der Waals surface area contributed by atoms with Gasteiger partial charge in [-0.25, -0.2) is 4.79 Å². The van der Waals surface area contributed by atoms with Crippen molar-refractivity contribution in [2.75, 3.05) is 19.6 Å². The van der Waals surface area contributed by atoms with E-state index < -0.39 is 5.60 Å². The molecular formula is C17H24Cl2N2O2. The van der Waals surface area contributed by atoms with Crippen molar-refractivity contribution in [2.45, 2.75) is 39.3 Å². The molecule has 0 radical (unpaired) electrons. The van der Waals surface area contributed by atoms with E-state index in [1.165, 1.54) is 0 Å². The van der Waals surface area contributed by atoms with Gasteiger partial charge < -0.3 is 10.1 Å². The summed E-state index contributed by atoms with van der Waals surface area (Å²) in [6, 6.07) is 5.71. The Hall–Kier alpha value is -0.970. The number of hydrogen-bond acceptors (Lipinski definition) is 3. The van der Waals surface area contributed by atoms with Crippen LogP contribution in [-0.4, -0.2) is 36.2 Å². The molecule has 1 saturated heterocycles. The summed E-state index contributed by atoms with van der Waals surface area (Å²) < 4.78 is 5.25. The van der Waals surface area contributed by atoms with Gasteiger partial charge in [-0.3, -0.25) is 4.90 Å². The molecule has 1 aliphatic rings. The van der Waals surface area contributed by atoms with Gasteiger partial charge >= 0.3 is 6.09 Å². The van der Waals surface area contributed by atoms with Crippen molar-refractivity contribution < 1.29 is 9.53 Å². The predicted molar refractivity (Wildman–Crippen MR) is 94.1 cm³/mol. The number of rotatable bonds is 4. The van der Waals surface area contributed by atoms with Crippen LogP contribution in [0.25, 0.3) is 0 Å². The molecule has 2 rings (SSSR count). The van der Waals surface area contributed by atoms with Crippen LogP contribution < -0.4 is 5.32 Å². The summed E-state index contributed by atoms with van der Waals surface area (Å²) in [5, 5.41) is 4.07. The van der Waals surface area contributed by atoms with Crippen LogP contribution in [0, 0.1) is 5.92 Å². The zero-order chi connectivity index (χ0) is 17.0. The third-order valence-electron chi connectivity index (χ3n) is 3.73. The molecule has 0 saturated carbocycles. The van der Waals surface area contributed by atoms with Gasteiger partial charge in [0.15, 0.2) is 0 Å².